The van der Waals surface area contributed by atoms with E-state index in [9.17, 15) is 4.39 Å². The SMILES string of the molecule is Fc1ccc(OCC2CCC2)c(C2CCNC2)c1. The molecule has 0 radical (unpaired) electrons. The van der Waals surface area contributed by atoms with Crippen molar-refractivity contribution in [3.63, 3.8) is 0 Å². The molecule has 0 bridgehead atoms. The van der Waals surface area contributed by atoms with Crippen molar-refractivity contribution in [2.45, 2.75) is 31.6 Å². The van der Waals surface area contributed by atoms with Crippen LogP contribution in [0.2, 0.25) is 0 Å². The van der Waals surface area contributed by atoms with E-state index in [2.05, 4.69) is 5.32 Å². The van der Waals surface area contributed by atoms with Crippen LogP contribution in [0.1, 0.15) is 37.2 Å². The number of benzene rings is 1. The first kappa shape index (κ1) is 12.0. The zero-order valence-corrected chi connectivity index (χ0v) is 10.6. The van der Waals surface area contributed by atoms with E-state index in [-0.39, 0.29) is 5.82 Å². The number of nitrogens with one attached hydrogen (secondary N) is 1. The molecule has 98 valence electrons. The fourth-order valence-corrected chi connectivity index (χ4v) is 2.76. The van der Waals surface area contributed by atoms with Crippen LogP contribution in [0.25, 0.3) is 0 Å². The summed E-state index contributed by atoms with van der Waals surface area (Å²) >= 11 is 0. The van der Waals surface area contributed by atoms with E-state index in [4.69, 9.17) is 4.74 Å². The Morgan fingerprint density at radius 2 is 2.17 bits per heavy atom. The summed E-state index contributed by atoms with van der Waals surface area (Å²) in [5.41, 5.74) is 1.04. The summed E-state index contributed by atoms with van der Waals surface area (Å²) in [6, 6.07) is 4.94. The second kappa shape index (κ2) is 5.27. The van der Waals surface area contributed by atoms with E-state index in [1.165, 1.54) is 25.3 Å². The Kier molecular flexibility index (Phi) is 3.50. The normalized spacial score (nSPS) is 23.9. The van der Waals surface area contributed by atoms with Gasteiger partial charge in [0.25, 0.3) is 0 Å². The summed E-state index contributed by atoms with van der Waals surface area (Å²) < 4.78 is 19.3. The molecule has 3 rings (SSSR count). The van der Waals surface area contributed by atoms with E-state index in [1.54, 1.807) is 12.1 Å². The van der Waals surface area contributed by atoms with E-state index >= 15 is 0 Å². The van der Waals surface area contributed by atoms with Gasteiger partial charge in [0.1, 0.15) is 11.6 Å². The highest BCUT2D eigenvalue weighted by atomic mass is 19.1. The zero-order valence-electron chi connectivity index (χ0n) is 10.6. The molecule has 1 aliphatic carbocycles. The lowest BCUT2D eigenvalue weighted by molar-refractivity contribution is 0.179. The molecule has 2 fully saturated rings. The van der Waals surface area contributed by atoms with Crippen LogP contribution in [0.5, 0.6) is 5.75 Å². The molecule has 2 nitrogen and oxygen atoms in total. The Morgan fingerprint density at radius 3 is 2.83 bits per heavy atom. The van der Waals surface area contributed by atoms with Crippen LogP contribution in [0.3, 0.4) is 0 Å². The van der Waals surface area contributed by atoms with Gasteiger partial charge in [-0.2, -0.15) is 0 Å². The van der Waals surface area contributed by atoms with E-state index < -0.39 is 0 Å². The van der Waals surface area contributed by atoms with Gasteiger partial charge in [0.15, 0.2) is 0 Å². The molecular formula is C15H20FNO. The molecule has 1 atom stereocenters. The van der Waals surface area contributed by atoms with Gasteiger partial charge in [0.05, 0.1) is 6.61 Å². The minimum Gasteiger partial charge on any atom is -0.493 e. The van der Waals surface area contributed by atoms with Gasteiger partial charge < -0.3 is 10.1 Å². The van der Waals surface area contributed by atoms with Crippen molar-refractivity contribution in [1.29, 1.82) is 0 Å². The fraction of sp³-hybridized carbons (Fsp3) is 0.600. The second-order valence-corrected chi connectivity index (χ2v) is 5.48. The topological polar surface area (TPSA) is 21.3 Å². The summed E-state index contributed by atoms with van der Waals surface area (Å²) in [5, 5.41) is 3.33. The summed E-state index contributed by atoms with van der Waals surface area (Å²) in [7, 11) is 0. The molecule has 1 saturated heterocycles. The van der Waals surface area contributed by atoms with Gasteiger partial charge in [0.2, 0.25) is 0 Å². The van der Waals surface area contributed by atoms with E-state index in [0.29, 0.717) is 11.8 Å². The summed E-state index contributed by atoms with van der Waals surface area (Å²) in [5.74, 6) is 1.84. The molecule has 0 amide bonds. The predicted molar refractivity (Wildman–Crippen MR) is 69.5 cm³/mol. The Hall–Kier alpha value is -1.09. The molecule has 1 unspecified atom stereocenters. The first-order valence-corrected chi connectivity index (χ1v) is 6.96. The minimum atomic E-state index is -0.159. The van der Waals surface area contributed by atoms with Gasteiger partial charge in [-0.3, -0.25) is 0 Å². The Bertz CT molecular complexity index is 411. The van der Waals surface area contributed by atoms with Crippen LogP contribution in [0.15, 0.2) is 18.2 Å². The summed E-state index contributed by atoms with van der Waals surface area (Å²) in [6.45, 7) is 2.74. The smallest absolute Gasteiger partial charge is 0.123 e. The monoisotopic (exact) mass is 249 g/mol. The Labute approximate surface area is 108 Å². The third-order valence-corrected chi connectivity index (χ3v) is 4.17. The van der Waals surface area contributed by atoms with Gasteiger partial charge in [0, 0.05) is 18.0 Å². The van der Waals surface area contributed by atoms with Gasteiger partial charge in [-0.05, 0) is 49.9 Å². The highest BCUT2D eigenvalue weighted by Crippen LogP contribution is 2.33. The third-order valence-electron chi connectivity index (χ3n) is 4.17. The average Bonchev–Trinajstić information content (AvgIpc) is 2.82. The molecule has 0 spiro atoms. The number of rotatable bonds is 4. The number of hydrogen-bond donors (Lipinski definition) is 1. The summed E-state index contributed by atoms with van der Waals surface area (Å²) in [6.07, 6.45) is 4.96. The van der Waals surface area contributed by atoms with Crippen LogP contribution in [0.4, 0.5) is 4.39 Å². The lowest BCUT2D eigenvalue weighted by Gasteiger charge is -2.26. The van der Waals surface area contributed by atoms with Crippen LogP contribution < -0.4 is 10.1 Å². The van der Waals surface area contributed by atoms with Crippen molar-refractivity contribution in [2.24, 2.45) is 5.92 Å². The molecule has 0 aromatic heterocycles. The highest BCUT2D eigenvalue weighted by molar-refractivity contribution is 5.37. The Morgan fingerprint density at radius 1 is 1.28 bits per heavy atom. The fourth-order valence-electron chi connectivity index (χ4n) is 2.76. The van der Waals surface area contributed by atoms with Gasteiger partial charge in [-0.1, -0.05) is 6.42 Å². The average molecular weight is 249 g/mol. The van der Waals surface area contributed by atoms with Gasteiger partial charge >= 0.3 is 0 Å². The molecule has 1 aromatic rings. The van der Waals surface area contributed by atoms with Gasteiger partial charge in [-0.25, -0.2) is 4.39 Å². The van der Waals surface area contributed by atoms with Crippen molar-refractivity contribution in [3.8, 4) is 5.75 Å². The first-order valence-electron chi connectivity index (χ1n) is 6.96. The van der Waals surface area contributed by atoms with Crippen LogP contribution in [-0.4, -0.2) is 19.7 Å². The quantitative estimate of drug-likeness (QED) is 0.885. The molecule has 1 saturated carbocycles. The maximum atomic E-state index is 13.4. The van der Waals surface area contributed by atoms with Crippen molar-refractivity contribution >= 4 is 0 Å². The molecule has 1 aromatic carbocycles. The van der Waals surface area contributed by atoms with E-state index in [0.717, 1.165) is 37.4 Å². The van der Waals surface area contributed by atoms with E-state index in [1.807, 2.05) is 0 Å². The number of hydrogen-bond acceptors (Lipinski definition) is 2. The molecule has 3 heteroatoms. The second-order valence-electron chi connectivity index (χ2n) is 5.48. The lowest BCUT2D eigenvalue weighted by Crippen LogP contribution is -2.20. The standard InChI is InChI=1S/C15H20FNO/c16-13-4-5-15(18-10-11-2-1-3-11)14(8-13)12-6-7-17-9-12/h4-5,8,11-12,17H,1-3,6-7,9-10H2. The largest absolute Gasteiger partial charge is 0.493 e. The van der Waals surface area contributed by atoms with Crippen molar-refractivity contribution in [3.05, 3.63) is 29.6 Å². The predicted octanol–water partition coefficient (Wildman–Crippen LogP) is 3.08. The molecule has 1 aliphatic heterocycles. The van der Waals surface area contributed by atoms with Crippen LogP contribution in [0, 0.1) is 11.7 Å². The molecule has 18 heavy (non-hydrogen) atoms. The molecule has 2 aliphatic rings. The minimum absolute atomic E-state index is 0.159. The maximum Gasteiger partial charge on any atom is 0.123 e. The van der Waals surface area contributed by atoms with Crippen molar-refractivity contribution in [2.75, 3.05) is 19.7 Å². The van der Waals surface area contributed by atoms with Crippen LogP contribution in [-0.2, 0) is 0 Å². The highest BCUT2D eigenvalue weighted by Gasteiger charge is 2.23. The van der Waals surface area contributed by atoms with Crippen molar-refractivity contribution in [1.82, 2.24) is 5.32 Å². The van der Waals surface area contributed by atoms with Crippen molar-refractivity contribution < 1.29 is 9.13 Å². The third kappa shape index (κ3) is 2.51. The summed E-state index contributed by atoms with van der Waals surface area (Å²) in [4.78, 5) is 0. The maximum absolute atomic E-state index is 13.4. The number of ether oxygens (including phenoxy) is 1. The van der Waals surface area contributed by atoms with Crippen LogP contribution >= 0.6 is 0 Å². The molecular weight excluding hydrogens is 229 g/mol. The number of halogens is 1. The zero-order chi connectivity index (χ0) is 12.4. The molecule has 1 N–H and O–H groups in total. The van der Waals surface area contributed by atoms with Gasteiger partial charge in [-0.15, -0.1) is 0 Å². The lowest BCUT2D eigenvalue weighted by atomic mass is 9.86. The first-order chi connectivity index (χ1) is 8.83. The Balaban J connectivity index is 1.73. The molecule has 1 heterocycles.